The Labute approximate surface area is 97.1 Å². The molecule has 0 amide bonds. The largest absolute Gasteiger partial charge is 0.314 e. The highest BCUT2D eigenvalue weighted by atomic mass is 32.1. The van der Waals surface area contributed by atoms with Gasteiger partial charge in [0.25, 0.3) is 0 Å². The minimum absolute atomic E-state index is 0.618. The molecule has 0 saturated carbocycles. The van der Waals surface area contributed by atoms with E-state index in [1.54, 1.807) is 0 Å². The van der Waals surface area contributed by atoms with Gasteiger partial charge in [-0.1, -0.05) is 6.92 Å². The van der Waals surface area contributed by atoms with Crippen LogP contribution in [0.5, 0.6) is 0 Å². The van der Waals surface area contributed by atoms with Crippen LogP contribution in [0.1, 0.15) is 30.0 Å². The Bertz CT molecular complexity index is 270. The number of hydrogen-bond acceptors (Lipinski definition) is 3. The van der Waals surface area contributed by atoms with Gasteiger partial charge in [0.15, 0.2) is 0 Å². The lowest BCUT2D eigenvalue weighted by Crippen LogP contribution is -2.29. The second-order valence-electron chi connectivity index (χ2n) is 3.94. The first-order chi connectivity index (χ1) is 7.22. The van der Waals surface area contributed by atoms with Gasteiger partial charge in [-0.15, -0.1) is 11.3 Å². The van der Waals surface area contributed by atoms with Crippen LogP contribution in [-0.2, 0) is 6.54 Å². The summed E-state index contributed by atoms with van der Waals surface area (Å²) in [6, 6.07) is 5.01. The number of rotatable bonds is 7. The predicted octanol–water partition coefficient (Wildman–Crippen LogP) is 2.53. The molecule has 86 valence electrons. The molecule has 0 spiro atoms. The van der Waals surface area contributed by atoms with Crippen LogP contribution in [0, 0.1) is 6.92 Å². The second kappa shape index (κ2) is 6.99. The fourth-order valence-electron chi connectivity index (χ4n) is 1.56. The van der Waals surface area contributed by atoms with Crippen LogP contribution < -0.4 is 10.6 Å². The summed E-state index contributed by atoms with van der Waals surface area (Å²) in [5, 5.41) is 6.89. The molecular weight excluding hydrogens is 204 g/mol. The van der Waals surface area contributed by atoms with Gasteiger partial charge in [0, 0.05) is 22.3 Å². The van der Waals surface area contributed by atoms with E-state index in [0.717, 1.165) is 19.6 Å². The predicted molar refractivity (Wildman–Crippen MR) is 68.5 cm³/mol. The van der Waals surface area contributed by atoms with Crippen molar-refractivity contribution in [2.75, 3.05) is 13.1 Å². The summed E-state index contributed by atoms with van der Waals surface area (Å²) in [5.41, 5.74) is 0. The van der Waals surface area contributed by atoms with Crippen molar-refractivity contribution in [2.45, 2.75) is 39.8 Å². The van der Waals surface area contributed by atoms with E-state index >= 15 is 0 Å². The number of hydrogen-bond donors (Lipinski definition) is 2. The van der Waals surface area contributed by atoms with Crippen molar-refractivity contribution in [3.05, 3.63) is 21.9 Å². The van der Waals surface area contributed by atoms with Crippen molar-refractivity contribution in [1.82, 2.24) is 10.6 Å². The summed E-state index contributed by atoms with van der Waals surface area (Å²) in [7, 11) is 0. The van der Waals surface area contributed by atoms with Crippen molar-refractivity contribution >= 4 is 11.3 Å². The zero-order chi connectivity index (χ0) is 11.1. The first-order valence-corrected chi connectivity index (χ1v) is 6.53. The highest BCUT2D eigenvalue weighted by molar-refractivity contribution is 7.11. The molecular formula is C12H22N2S. The van der Waals surface area contributed by atoms with E-state index in [1.807, 2.05) is 11.3 Å². The SMILES string of the molecule is CCNC(C)CCNCc1ccc(C)s1. The number of nitrogens with one attached hydrogen (secondary N) is 2. The van der Waals surface area contributed by atoms with Crippen LogP contribution in [0.4, 0.5) is 0 Å². The Kier molecular flexibility index (Phi) is 5.91. The van der Waals surface area contributed by atoms with Gasteiger partial charge in [-0.05, 0) is 45.5 Å². The molecule has 2 N–H and O–H groups in total. The van der Waals surface area contributed by atoms with Crippen LogP contribution in [0.25, 0.3) is 0 Å². The Hall–Kier alpha value is -0.380. The third-order valence-electron chi connectivity index (χ3n) is 2.40. The molecule has 0 aliphatic carbocycles. The molecule has 0 fully saturated rings. The van der Waals surface area contributed by atoms with E-state index in [9.17, 15) is 0 Å². The molecule has 1 aromatic rings. The molecule has 1 rings (SSSR count). The van der Waals surface area contributed by atoms with Gasteiger partial charge in [-0.3, -0.25) is 0 Å². The molecule has 0 aliphatic rings. The molecule has 1 unspecified atom stereocenters. The number of thiophene rings is 1. The van der Waals surface area contributed by atoms with Crippen LogP contribution in [0.15, 0.2) is 12.1 Å². The van der Waals surface area contributed by atoms with Crippen molar-refractivity contribution in [3.63, 3.8) is 0 Å². The maximum absolute atomic E-state index is 3.47. The summed E-state index contributed by atoms with van der Waals surface area (Å²) in [6.07, 6.45) is 1.19. The van der Waals surface area contributed by atoms with Gasteiger partial charge in [0.05, 0.1) is 0 Å². The summed E-state index contributed by atoms with van der Waals surface area (Å²) < 4.78 is 0. The first kappa shape index (κ1) is 12.7. The van der Waals surface area contributed by atoms with Crippen molar-refractivity contribution < 1.29 is 0 Å². The molecule has 2 nitrogen and oxygen atoms in total. The lowest BCUT2D eigenvalue weighted by molar-refractivity contribution is 0.505. The molecule has 0 radical (unpaired) electrons. The molecule has 0 bridgehead atoms. The normalized spacial score (nSPS) is 13.0. The maximum Gasteiger partial charge on any atom is 0.0299 e. The molecule has 0 saturated heterocycles. The molecule has 0 aromatic carbocycles. The van der Waals surface area contributed by atoms with Crippen molar-refractivity contribution in [1.29, 1.82) is 0 Å². The third kappa shape index (κ3) is 5.30. The van der Waals surface area contributed by atoms with E-state index in [0.29, 0.717) is 6.04 Å². The fourth-order valence-corrected chi connectivity index (χ4v) is 2.42. The van der Waals surface area contributed by atoms with E-state index < -0.39 is 0 Å². The average Bonchev–Trinajstić information content (AvgIpc) is 2.60. The minimum Gasteiger partial charge on any atom is -0.314 e. The first-order valence-electron chi connectivity index (χ1n) is 5.71. The summed E-state index contributed by atoms with van der Waals surface area (Å²) in [4.78, 5) is 2.83. The Balaban J connectivity index is 2.06. The van der Waals surface area contributed by atoms with E-state index in [1.165, 1.54) is 16.2 Å². The Morgan fingerprint density at radius 3 is 2.80 bits per heavy atom. The lowest BCUT2D eigenvalue weighted by Gasteiger charge is -2.11. The highest BCUT2D eigenvalue weighted by Gasteiger charge is 1.99. The standard InChI is InChI=1S/C12H22N2S/c1-4-14-10(2)7-8-13-9-12-6-5-11(3)15-12/h5-6,10,13-14H,4,7-9H2,1-3H3. The van der Waals surface area contributed by atoms with Gasteiger partial charge in [-0.25, -0.2) is 0 Å². The quantitative estimate of drug-likeness (QED) is 0.698. The van der Waals surface area contributed by atoms with Gasteiger partial charge >= 0.3 is 0 Å². The van der Waals surface area contributed by atoms with Crippen molar-refractivity contribution in [3.8, 4) is 0 Å². The van der Waals surface area contributed by atoms with Crippen LogP contribution >= 0.6 is 11.3 Å². The molecule has 15 heavy (non-hydrogen) atoms. The lowest BCUT2D eigenvalue weighted by atomic mass is 10.2. The monoisotopic (exact) mass is 226 g/mol. The Morgan fingerprint density at radius 1 is 1.40 bits per heavy atom. The average molecular weight is 226 g/mol. The Morgan fingerprint density at radius 2 is 2.20 bits per heavy atom. The number of aryl methyl sites for hydroxylation is 1. The third-order valence-corrected chi connectivity index (χ3v) is 3.40. The van der Waals surface area contributed by atoms with E-state index in [2.05, 4.69) is 43.5 Å². The zero-order valence-electron chi connectivity index (χ0n) is 9.97. The molecule has 1 atom stereocenters. The molecule has 1 heterocycles. The molecule has 1 aromatic heterocycles. The van der Waals surface area contributed by atoms with Crippen molar-refractivity contribution in [2.24, 2.45) is 0 Å². The summed E-state index contributed by atoms with van der Waals surface area (Å²) in [5.74, 6) is 0. The fraction of sp³-hybridized carbons (Fsp3) is 0.667. The topological polar surface area (TPSA) is 24.1 Å². The van der Waals surface area contributed by atoms with Crippen LogP contribution in [0.2, 0.25) is 0 Å². The second-order valence-corrected chi connectivity index (χ2v) is 5.31. The summed E-state index contributed by atoms with van der Waals surface area (Å²) >= 11 is 1.88. The van der Waals surface area contributed by atoms with E-state index in [-0.39, 0.29) is 0 Å². The smallest absolute Gasteiger partial charge is 0.0299 e. The van der Waals surface area contributed by atoms with Crippen LogP contribution in [0.3, 0.4) is 0 Å². The van der Waals surface area contributed by atoms with Gasteiger partial charge in [0.1, 0.15) is 0 Å². The van der Waals surface area contributed by atoms with Crippen LogP contribution in [-0.4, -0.2) is 19.1 Å². The summed E-state index contributed by atoms with van der Waals surface area (Å²) in [6.45, 7) is 9.70. The minimum atomic E-state index is 0.618. The van der Waals surface area contributed by atoms with Gasteiger partial charge in [0.2, 0.25) is 0 Å². The zero-order valence-corrected chi connectivity index (χ0v) is 10.8. The van der Waals surface area contributed by atoms with E-state index in [4.69, 9.17) is 0 Å². The van der Waals surface area contributed by atoms with Gasteiger partial charge < -0.3 is 10.6 Å². The van der Waals surface area contributed by atoms with Gasteiger partial charge in [-0.2, -0.15) is 0 Å². The maximum atomic E-state index is 3.47. The highest BCUT2D eigenvalue weighted by Crippen LogP contribution is 2.14. The molecule has 0 aliphatic heterocycles. The molecule has 3 heteroatoms.